The van der Waals surface area contributed by atoms with Gasteiger partial charge in [-0.2, -0.15) is 0 Å². The minimum absolute atomic E-state index is 0.253. The molecule has 2 rings (SSSR count). The number of H-pyrrole nitrogens is 1. The summed E-state index contributed by atoms with van der Waals surface area (Å²) in [5.41, 5.74) is 2.43. The summed E-state index contributed by atoms with van der Waals surface area (Å²) in [5.74, 6) is -0.997. The molecular formula is C14H16N2O3. The van der Waals surface area contributed by atoms with Crippen molar-refractivity contribution in [3.05, 3.63) is 51.4 Å². The molecule has 0 radical (unpaired) electrons. The molecule has 0 unspecified atom stereocenters. The Labute approximate surface area is 110 Å². The lowest BCUT2D eigenvalue weighted by Gasteiger charge is -2.04. The summed E-state index contributed by atoms with van der Waals surface area (Å²) in [6, 6.07) is 7.48. The average molecular weight is 260 g/mol. The van der Waals surface area contributed by atoms with Crippen LogP contribution in [0.4, 0.5) is 0 Å². The summed E-state index contributed by atoms with van der Waals surface area (Å²) >= 11 is 0. The van der Waals surface area contributed by atoms with Gasteiger partial charge in [0.15, 0.2) is 0 Å². The van der Waals surface area contributed by atoms with Crippen LogP contribution in [0.3, 0.4) is 0 Å². The lowest BCUT2D eigenvalue weighted by molar-refractivity contribution is -0.136. The number of rotatable bonds is 4. The lowest BCUT2D eigenvalue weighted by Crippen LogP contribution is -2.20. The fourth-order valence-corrected chi connectivity index (χ4v) is 2.13. The molecule has 0 amide bonds. The van der Waals surface area contributed by atoms with Gasteiger partial charge in [0, 0.05) is 5.69 Å². The Morgan fingerprint density at radius 1 is 1.37 bits per heavy atom. The van der Waals surface area contributed by atoms with Gasteiger partial charge in [0.1, 0.15) is 0 Å². The molecule has 1 heterocycles. The molecule has 0 saturated heterocycles. The molecule has 2 N–H and O–H groups in total. The van der Waals surface area contributed by atoms with E-state index in [2.05, 4.69) is 5.10 Å². The molecule has 0 fully saturated rings. The molecule has 0 atom stereocenters. The molecule has 5 nitrogen and oxygen atoms in total. The smallest absolute Gasteiger partial charge is 0.308 e. The number of nitrogens with zero attached hydrogens (tertiary/aromatic N) is 1. The van der Waals surface area contributed by atoms with E-state index in [0.29, 0.717) is 17.7 Å². The van der Waals surface area contributed by atoms with Crippen molar-refractivity contribution in [1.82, 2.24) is 9.78 Å². The molecule has 19 heavy (non-hydrogen) atoms. The second kappa shape index (κ2) is 5.14. The average Bonchev–Trinajstić information content (AvgIpc) is 2.67. The maximum atomic E-state index is 12.3. The van der Waals surface area contributed by atoms with Gasteiger partial charge in [-0.3, -0.25) is 14.7 Å². The lowest BCUT2D eigenvalue weighted by atomic mass is 10.1. The van der Waals surface area contributed by atoms with E-state index in [4.69, 9.17) is 5.11 Å². The van der Waals surface area contributed by atoms with Gasteiger partial charge < -0.3 is 5.11 Å². The van der Waals surface area contributed by atoms with E-state index < -0.39 is 5.97 Å². The van der Waals surface area contributed by atoms with E-state index in [-0.39, 0.29) is 12.0 Å². The summed E-state index contributed by atoms with van der Waals surface area (Å²) < 4.78 is 1.42. The van der Waals surface area contributed by atoms with Gasteiger partial charge in [-0.1, -0.05) is 25.1 Å². The first-order chi connectivity index (χ1) is 9.04. The van der Waals surface area contributed by atoms with E-state index in [1.165, 1.54) is 4.68 Å². The standard InChI is InChI=1S/C14H16N2O3/c1-3-11-10(8-13(17)18)14(19)16(15-11)12-7-5-4-6-9(12)2/h4-7,15H,3,8H2,1-2H3,(H,17,18). The van der Waals surface area contributed by atoms with Crippen molar-refractivity contribution in [2.75, 3.05) is 0 Å². The van der Waals surface area contributed by atoms with Gasteiger partial charge in [-0.05, 0) is 25.0 Å². The molecule has 0 saturated carbocycles. The Hall–Kier alpha value is -2.30. The van der Waals surface area contributed by atoms with Crippen molar-refractivity contribution in [3.8, 4) is 5.69 Å². The van der Waals surface area contributed by atoms with Crippen LogP contribution in [0.5, 0.6) is 0 Å². The number of para-hydroxylation sites is 1. The first-order valence-corrected chi connectivity index (χ1v) is 6.15. The quantitative estimate of drug-likeness (QED) is 0.878. The third-order valence-corrected chi connectivity index (χ3v) is 3.11. The fraction of sp³-hybridized carbons (Fsp3) is 0.286. The van der Waals surface area contributed by atoms with Gasteiger partial charge >= 0.3 is 5.97 Å². The van der Waals surface area contributed by atoms with Crippen LogP contribution in [-0.2, 0) is 17.6 Å². The topological polar surface area (TPSA) is 75.1 Å². The molecule has 0 aliphatic heterocycles. The number of hydrogen-bond donors (Lipinski definition) is 2. The molecule has 5 heteroatoms. The normalized spacial score (nSPS) is 10.6. The van der Waals surface area contributed by atoms with E-state index in [1.807, 2.05) is 38.1 Å². The Morgan fingerprint density at radius 3 is 2.63 bits per heavy atom. The zero-order valence-corrected chi connectivity index (χ0v) is 10.9. The van der Waals surface area contributed by atoms with Crippen LogP contribution >= 0.6 is 0 Å². The molecule has 1 aromatic heterocycles. The molecule has 0 spiro atoms. The number of carbonyl (C=O) groups is 1. The maximum absolute atomic E-state index is 12.3. The van der Waals surface area contributed by atoms with E-state index in [9.17, 15) is 9.59 Å². The summed E-state index contributed by atoms with van der Waals surface area (Å²) in [5, 5.41) is 11.9. The molecule has 2 aromatic rings. The number of aryl methyl sites for hydroxylation is 2. The SMILES string of the molecule is CCc1[nH]n(-c2ccccc2C)c(=O)c1CC(=O)O. The summed E-state index contributed by atoms with van der Waals surface area (Å²) in [7, 11) is 0. The van der Waals surface area contributed by atoms with Crippen molar-refractivity contribution >= 4 is 5.97 Å². The highest BCUT2D eigenvalue weighted by molar-refractivity contribution is 5.70. The molecular weight excluding hydrogens is 244 g/mol. The summed E-state index contributed by atoms with van der Waals surface area (Å²) in [6.45, 7) is 3.80. The van der Waals surface area contributed by atoms with Crippen molar-refractivity contribution in [1.29, 1.82) is 0 Å². The van der Waals surface area contributed by atoms with Crippen molar-refractivity contribution in [2.45, 2.75) is 26.7 Å². The molecule has 100 valence electrons. The minimum Gasteiger partial charge on any atom is -0.481 e. The molecule has 0 aliphatic rings. The molecule has 1 aromatic carbocycles. The highest BCUT2D eigenvalue weighted by Gasteiger charge is 2.17. The number of benzene rings is 1. The third kappa shape index (κ3) is 2.45. The molecule has 0 aliphatic carbocycles. The van der Waals surface area contributed by atoms with E-state index >= 15 is 0 Å². The van der Waals surface area contributed by atoms with Gasteiger partial charge in [-0.15, -0.1) is 0 Å². The Bertz CT molecular complexity index is 668. The number of aromatic nitrogens is 2. The second-order valence-electron chi connectivity index (χ2n) is 4.42. The van der Waals surface area contributed by atoms with Crippen molar-refractivity contribution < 1.29 is 9.90 Å². The second-order valence-corrected chi connectivity index (χ2v) is 4.42. The van der Waals surface area contributed by atoms with Gasteiger partial charge in [0.05, 0.1) is 17.7 Å². The number of aliphatic carboxylic acids is 1. The number of nitrogens with one attached hydrogen (secondary N) is 1. The van der Waals surface area contributed by atoms with Crippen LogP contribution in [0, 0.1) is 6.92 Å². The number of carboxylic acids is 1. The summed E-state index contributed by atoms with van der Waals surface area (Å²) in [4.78, 5) is 23.1. The van der Waals surface area contributed by atoms with Crippen LogP contribution in [0.1, 0.15) is 23.7 Å². The number of hydrogen-bond acceptors (Lipinski definition) is 2. The van der Waals surface area contributed by atoms with Crippen LogP contribution < -0.4 is 5.56 Å². The van der Waals surface area contributed by atoms with Crippen LogP contribution in [0.2, 0.25) is 0 Å². The van der Waals surface area contributed by atoms with Crippen LogP contribution in [-0.4, -0.2) is 20.9 Å². The maximum Gasteiger partial charge on any atom is 0.308 e. The zero-order valence-electron chi connectivity index (χ0n) is 10.9. The van der Waals surface area contributed by atoms with E-state index in [1.54, 1.807) is 0 Å². The first kappa shape index (κ1) is 13.1. The Balaban J connectivity index is 2.61. The van der Waals surface area contributed by atoms with Crippen molar-refractivity contribution in [2.24, 2.45) is 0 Å². The molecule has 0 bridgehead atoms. The Morgan fingerprint density at radius 2 is 2.05 bits per heavy atom. The van der Waals surface area contributed by atoms with Crippen LogP contribution in [0.15, 0.2) is 29.1 Å². The highest BCUT2D eigenvalue weighted by atomic mass is 16.4. The van der Waals surface area contributed by atoms with Gasteiger partial charge in [-0.25, -0.2) is 4.68 Å². The van der Waals surface area contributed by atoms with Crippen molar-refractivity contribution in [3.63, 3.8) is 0 Å². The van der Waals surface area contributed by atoms with Gasteiger partial charge in [0.2, 0.25) is 0 Å². The number of aromatic amines is 1. The monoisotopic (exact) mass is 260 g/mol. The van der Waals surface area contributed by atoms with Gasteiger partial charge in [0.25, 0.3) is 5.56 Å². The minimum atomic E-state index is -0.997. The highest BCUT2D eigenvalue weighted by Crippen LogP contribution is 2.13. The third-order valence-electron chi connectivity index (χ3n) is 3.11. The van der Waals surface area contributed by atoms with Crippen LogP contribution in [0.25, 0.3) is 5.69 Å². The first-order valence-electron chi connectivity index (χ1n) is 6.15. The zero-order chi connectivity index (χ0) is 14.0. The summed E-state index contributed by atoms with van der Waals surface area (Å²) in [6.07, 6.45) is 0.341. The Kier molecular flexibility index (Phi) is 3.55. The fourth-order valence-electron chi connectivity index (χ4n) is 2.13. The predicted molar refractivity (Wildman–Crippen MR) is 71.8 cm³/mol. The number of carboxylic acid groups (broad SMARTS) is 1. The largest absolute Gasteiger partial charge is 0.481 e. The predicted octanol–water partition coefficient (Wildman–Crippen LogP) is 1.66. The van der Waals surface area contributed by atoms with E-state index in [0.717, 1.165) is 11.3 Å².